The maximum atomic E-state index is 12.6. The van der Waals surface area contributed by atoms with Gasteiger partial charge in [0, 0.05) is 6.42 Å². The standard InChI is InChI=1S/C12H13F3N4/c1-7(16)11-17-10(18-19-11)6-8-3-2-4-9(5-8)12(13,14)15/h2-5,7H,6,16H2,1H3,(H,17,18,19). The van der Waals surface area contributed by atoms with E-state index in [1.807, 2.05) is 0 Å². The van der Waals surface area contributed by atoms with Crippen LogP contribution in [0.25, 0.3) is 0 Å². The molecular formula is C12H13F3N4. The molecule has 0 saturated carbocycles. The second-order valence-corrected chi connectivity index (χ2v) is 4.30. The maximum Gasteiger partial charge on any atom is 0.416 e. The van der Waals surface area contributed by atoms with E-state index < -0.39 is 11.7 Å². The molecule has 19 heavy (non-hydrogen) atoms. The van der Waals surface area contributed by atoms with Gasteiger partial charge in [0.15, 0.2) is 5.82 Å². The van der Waals surface area contributed by atoms with Gasteiger partial charge in [0.1, 0.15) is 5.82 Å². The summed E-state index contributed by atoms with van der Waals surface area (Å²) in [7, 11) is 0. The zero-order valence-electron chi connectivity index (χ0n) is 10.2. The molecule has 0 saturated heterocycles. The number of aromatic amines is 1. The van der Waals surface area contributed by atoms with Crippen LogP contribution >= 0.6 is 0 Å². The first-order chi connectivity index (χ1) is 8.86. The van der Waals surface area contributed by atoms with Crippen molar-refractivity contribution in [3.63, 3.8) is 0 Å². The van der Waals surface area contributed by atoms with Crippen molar-refractivity contribution >= 4 is 0 Å². The second kappa shape index (κ2) is 5.00. The van der Waals surface area contributed by atoms with Crippen LogP contribution in [0.1, 0.15) is 35.7 Å². The number of nitrogens with zero attached hydrogens (tertiary/aromatic N) is 2. The molecule has 1 heterocycles. The number of nitrogens with two attached hydrogens (primary N) is 1. The Balaban J connectivity index is 2.19. The van der Waals surface area contributed by atoms with E-state index in [1.165, 1.54) is 6.07 Å². The first-order valence-electron chi connectivity index (χ1n) is 5.69. The van der Waals surface area contributed by atoms with E-state index in [0.717, 1.165) is 12.1 Å². The third-order valence-electron chi connectivity index (χ3n) is 2.58. The molecule has 0 spiro atoms. The van der Waals surface area contributed by atoms with Crippen LogP contribution in [0, 0.1) is 0 Å². The molecule has 2 rings (SSSR count). The SMILES string of the molecule is CC(N)c1n[nH]c(Cc2cccc(C(F)(F)F)c2)n1. The fourth-order valence-corrected chi connectivity index (χ4v) is 1.64. The molecule has 0 radical (unpaired) electrons. The quantitative estimate of drug-likeness (QED) is 0.900. The zero-order chi connectivity index (χ0) is 14.0. The number of rotatable bonds is 3. The lowest BCUT2D eigenvalue weighted by atomic mass is 10.1. The molecule has 1 unspecified atom stereocenters. The Kier molecular flexibility index (Phi) is 3.57. The van der Waals surface area contributed by atoms with Crippen LogP contribution in [-0.4, -0.2) is 15.2 Å². The zero-order valence-corrected chi connectivity index (χ0v) is 10.2. The first kappa shape index (κ1) is 13.5. The molecule has 1 aromatic carbocycles. The Labute approximate surface area is 107 Å². The normalized spacial score (nSPS) is 13.5. The lowest BCUT2D eigenvalue weighted by molar-refractivity contribution is -0.137. The summed E-state index contributed by atoms with van der Waals surface area (Å²) in [6.45, 7) is 1.73. The van der Waals surface area contributed by atoms with E-state index in [9.17, 15) is 13.2 Å². The highest BCUT2D eigenvalue weighted by atomic mass is 19.4. The van der Waals surface area contributed by atoms with Gasteiger partial charge in [-0.15, -0.1) is 0 Å². The number of alkyl halides is 3. The molecule has 102 valence electrons. The van der Waals surface area contributed by atoms with Gasteiger partial charge in [0.05, 0.1) is 11.6 Å². The van der Waals surface area contributed by atoms with Gasteiger partial charge in [-0.2, -0.15) is 18.3 Å². The van der Waals surface area contributed by atoms with E-state index in [-0.39, 0.29) is 12.5 Å². The number of benzene rings is 1. The predicted molar refractivity (Wildman–Crippen MR) is 63.2 cm³/mol. The summed E-state index contributed by atoms with van der Waals surface area (Å²) in [6, 6.07) is 4.82. The molecule has 7 heteroatoms. The minimum atomic E-state index is -4.34. The van der Waals surface area contributed by atoms with Gasteiger partial charge in [-0.3, -0.25) is 5.10 Å². The first-order valence-corrected chi connectivity index (χ1v) is 5.69. The molecule has 2 aromatic rings. The fraction of sp³-hybridized carbons (Fsp3) is 0.333. The smallest absolute Gasteiger partial charge is 0.321 e. The molecule has 3 N–H and O–H groups in total. The van der Waals surface area contributed by atoms with Crippen LogP contribution in [0.15, 0.2) is 24.3 Å². The third kappa shape index (κ3) is 3.31. The number of H-pyrrole nitrogens is 1. The van der Waals surface area contributed by atoms with Gasteiger partial charge in [-0.1, -0.05) is 18.2 Å². The van der Waals surface area contributed by atoms with E-state index in [1.54, 1.807) is 13.0 Å². The minimum absolute atomic E-state index is 0.254. The Bertz CT molecular complexity index is 560. The van der Waals surface area contributed by atoms with Crippen molar-refractivity contribution in [2.75, 3.05) is 0 Å². The molecule has 4 nitrogen and oxygen atoms in total. The van der Waals surface area contributed by atoms with Gasteiger partial charge in [0.2, 0.25) is 0 Å². The van der Waals surface area contributed by atoms with Gasteiger partial charge >= 0.3 is 6.18 Å². The average Bonchev–Trinajstić information content (AvgIpc) is 2.77. The summed E-state index contributed by atoms with van der Waals surface area (Å²) in [6.07, 6.45) is -4.09. The number of hydrogen-bond donors (Lipinski definition) is 2. The highest BCUT2D eigenvalue weighted by molar-refractivity contribution is 5.27. The molecule has 1 aromatic heterocycles. The van der Waals surface area contributed by atoms with Crippen molar-refractivity contribution in [1.29, 1.82) is 0 Å². The van der Waals surface area contributed by atoms with Gasteiger partial charge < -0.3 is 5.73 Å². The summed E-state index contributed by atoms with van der Waals surface area (Å²) in [4.78, 5) is 4.12. The molecule has 1 atom stereocenters. The number of nitrogens with one attached hydrogen (secondary N) is 1. The summed E-state index contributed by atoms with van der Waals surface area (Å²) in [5.41, 5.74) is 5.45. The number of aromatic nitrogens is 3. The Morgan fingerprint density at radius 3 is 2.68 bits per heavy atom. The van der Waals surface area contributed by atoms with Crippen LogP contribution < -0.4 is 5.73 Å². The van der Waals surface area contributed by atoms with Crippen LogP contribution in [0.2, 0.25) is 0 Å². The monoisotopic (exact) mass is 270 g/mol. The second-order valence-electron chi connectivity index (χ2n) is 4.30. The molecule has 0 amide bonds. The highest BCUT2D eigenvalue weighted by Crippen LogP contribution is 2.29. The molecule has 0 fully saturated rings. The van der Waals surface area contributed by atoms with E-state index in [0.29, 0.717) is 17.2 Å². The predicted octanol–water partition coefficient (Wildman–Crippen LogP) is 2.43. The van der Waals surface area contributed by atoms with Gasteiger partial charge in [-0.25, -0.2) is 4.98 Å². The Morgan fingerprint density at radius 1 is 1.37 bits per heavy atom. The number of halogens is 3. The van der Waals surface area contributed by atoms with Crippen molar-refractivity contribution in [3.05, 3.63) is 47.0 Å². The van der Waals surface area contributed by atoms with Crippen LogP contribution in [0.3, 0.4) is 0 Å². The van der Waals surface area contributed by atoms with Crippen molar-refractivity contribution in [1.82, 2.24) is 15.2 Å². The Morgan fingerprint density at radius 2 is 2.11 bits per heavy atom. The van der Waals surface area contributed by atoms with E-state index in [4.69, 9.17) is 5.73 Å². The highest BCUT2D eigenvalue weighted by Gasteiger charge is 2.30. The lowest BCUT2D eigenvalue weighted by Gasteiger charge is -2.07. The van der Waals surface area contributed by atoms with Crippen LogP contribution in [-0.2, 0) is 12.6 Å². The lowest BCUT2D eigenvalue weighted by Crippen LogP contribution is -2.07. The van der Waals surface area contributed by atoms with E-state index >= 15 is 0 Å². The number of hydrogen-bond acceptors (Lipinski definition) is 3. The minimum Gasteiger partial charge on any atom is -0.321 e. The maximum absolute atomic E-state index is 12.6. The van der Waals surface area contributed by atoms with Crippen molar-refractivity contribution in [2.45, 2.75) is 25.6 Å². The summed E-state index contributed by atoms with van der Waals surface area (Å²) >= 11 is 0. The molecule has 0 bridgehead atoms. The fourth-order valence-electron chi connectivity index (χ4n) is 1.64. The molecule has 0 aliphatic rings. The molecule has 0 aliphatic carbocycles. The van der Waals surface area contributed by atoms with Crippen molar-refractivity contribution in [3.8, 4) is 0 Å². The van der Waals surface area contributed by atoms with Gasteiger partial charge in [-0.05, 0) is 18.6 Å². The summed E-state index contributed by atoms with van der Waals surface area (Å²) in [5, 5.41) is 6.57. The Hall–Kier alpha value is -1.89. The van der Waals surface area contributed by atoms with Crippen molar-refractivity contribution in [2.24, 2.45) is 5.73 Å². The summed E-state index contributed by atoms with van der Waals surface area (Å²) < 4.78 is 37.7. The average molecular weight is 270 g/mol. The molecular weight excluding hydrogens is 257 g/mol. The summed E-state index contributed by atoms with van der Waals surface area (Å²) in [5.74, 6) is 0.939. The van der Waals surface area contributed by atoms with Crippen LogP contribution in [0.5, 0.6) is 0 Å². The van der Waals surface area contributed by atoms with Crippen LogP contribution in [0.4, 0.5) is 13.2 Å². The van der Waals surface area contributed by atoms with E-state index in [2.05, 4.69) is 15.2 Å². The topological polar surface area (TPSA) is 67.6 Å². The molecule has 0 aliphatic heterocycles. The van der Waals surface area contributed by atoms with Crippen molar-refractivity contribution < 1.29 is 13.2 Å². The van der Waals surface area contributed by atoms with Gasteiger partial charge in [0.25, 0.3) is 0 Å². The third-order valence-corrected chi connectivity index (χ3v) is 2.58. The largest absolute Gasteiger partial charge is 0.416 e.